The van der Waals surface area contributed by atoms with Crippen molar-refractivity contribution in [2.24, 2.45) is 0 Å². The molecule has 1 amide bonds. The van der Waals surface area contributed by atoms with E-state index >= 15 is 0 Å². The van der Waals surface area contributed by atoms with Gasteiger partial charge in [0, 0.05) is 27.2 Å². The van der Waals surface area contributed by atoms with Crippen LogP contribution in [0.5, 0.6) is 0 Å². The first-order valence-electron chi connectivity index (χ1n) is 9.73. The van der Waals surface area contributed by atoms with Crippen LogP contribution >= 0.6 is 0 Å². The highest BCUT2D eigenvalue weighted by atomic mass is 28.4. The van der Waals surface area contributed by atoms with Gasteiger partial charge in [0.25, 0.3) is 0 Å². The Bertz CT molecular complexity index is 594. The maximum Gasteiger partial charge on any atom is 0.241 e. The predicted molar refractivity (Wildman–Crippen MR) is 117 cm³/mol. The molecule has 0 radical (unpaired) electrons. The average molecular weight is 391 g/mol. The monoisotopic (exact) mass is 390 g/mol. The molecule has 1 rings (SSSR count). The molecule has 0 spiro atoms. The van der Waals surface area contributed by atoms with Crippen LogP contribution in [0.1, 0.15) is 32.8 Å². The molecule has 152 valence electrons. The van der Waals surface area contributed by atoms with Gasteiger partial charge in [-0.1, -0.05) is 57.2 Å². The quantitative estimate of drug-likeness (QED) is 0.434. The number of carbonyl (C=O) groups excluding carboxylic acids is 1. The fourth-order valence-electron chi connectivity index (χ4n) is 2.55. The fraction of sp³-hybridized carbons (Fsp3) is 0.591. The van der Waals surface area contributed by atoms with E-state index in [-0.39, 0.29) is 17.0 Å². The van der Waals surface area contributed by atoms with Crippen LogP contribution in [0.2, 0.25) is 18.1 Å². The van der Waals surface area contributed by atoms with E-state index in [0.29, 0.717) is 6.61 Å². The summed E-state index contributed by atoms with van der Waals surface area (Å²) in [6, 6.07) is 10.0. The van der Waals surface area contributed by atoms with E-state index in [2.05, 4.69) is 57.5 Å². The van der Waals surface area contributed by atoms with Crippen molar-refractivity contribution in [2.75, 3.05) is 27.2 Å². The van der Waals surface area contributed by atoms with Gasteiger partial charge in [-0.2, -0.15) is 0 Å². The van der Waals surface area contributed by atoms with E-state index < -0.39 is 8.32 Å². The Kier molecular flexibility index (Phi) is 8.92. The van der Waals surface area contributed by atoms with Gasteiger partial charge < -0.3 is 9.33 Å². The van der Waals surface area contributed by atoms with E-state index in [4.69, 9.17) is 4.43 Å². The summed E-state index contributed by atoms with van der Waals surface area (Å²) in [5.74, 6) is 0.0914. The highest BCUT2D eigenvalue weighted by Crippen LogP contribution is 2.36. The van der Waals surface area contributed by atoms with Crippen molar-refractivity contribution in [3.05, 3.63) is 48.6 Å². The van der Waals surface area contributed by atoms with Crippen molar-refractivity contribution < 1.29 is 9.22 Å². The molecule has 0 bridgehead atoms. The number of rotatable bonds is 10. The molecule has 0 heterocycles. The lowest BCUT2D eigenvalue weighted by molar-refractivity contribution is -0.136. The van der Waals surface area contributed by atoms with Gasteiger partial charge in [0.2, 0.25) is 5.91 Å². The normalized spacial score (nSPS) is 13.5. The summed E-state index contributed by atoms with van der Waals surface area (Å²) in [4.78, 5) is 16.9. The number of nitrogens with zero attached hydrogens (tertiary/aromatic N) is 2. The van der Waals surface area contributed by atoms with Crippen molar-refractivity contribution in [3.8, 4) is 0 Å². The summed E-state index contributed by atoms with van der Waals surface area (Å²) in [5, 5.41) is 0.115. The molecule has 5 heteroatoms. The Morgan fingerprint density at radius 1 is 1.22 bits per heavy atom. The van der Waals surface area contributed by atoms with Crippen LogP contribution in [0.4, 0.5) is 0 Å². The number of hydrogen-bond acceptors (Lipinski definition) is 3. The molecule has 0 unspecified atom stereocenters. The molecule has 0 aromatic heterocycles. The van der Waals surface area contributed by atoms with Crippen molar-refractivity contribution in [1.82, 2.24) is 9.80 Å². The zero-order valence-electron chi connectivity index (χ0n) is 18.3. The minimum atomic E-state index is -1.94. The third-order valence-corrected chi connectivity index (χ3v) is 9.92. The van der Waals surface area contributed by atoms with Gasteiger partial charge in [-0.15, -0.1) is 6.58 Å². The Morgan fingerprint density at radius 2 is 1.81 bits per heavy atom. The Labute approximate surface area is 167 Å². The second kappa shape index (κ2) is 10.2. The number of hydrogen-bond donors (Lipinski definition) is 0. The summed E-state index contributed by atoms with van der Waals surface area (Å²) in [6.45, 7) is 16.9. The third kappa shape index (κ3) is 7.24. The number of carbonyl (C=O) groups is 1. The lowest BCUT2D eigenvalue weighted by Crippen LogP contribution is -2.52. The minimum Gasteiger partial charge on any atom is -0.415 e. The van der Waals surface area contributed by atoms with Crippen LogP contribution < -0.4 is 0 Å². The molecule has 0 aliphatic carbocycles. The van der Waals surface area contributed by atoms with Gasteiger partial charge in [0.05, 0.1) is 6.61 Å². The van der Waals surface area contributed by atoms with Crippen LogP contribution in [0.15, 0.2) is 43.0 Å². The van der Waals surface area contributed by atoms with Crippen LogP contribution in [0.3, 0.4) is 0 Å². The molecule has 1 aromatic rings. The molecule has 1 atom stereocenters. The molecule has 1 aromatic carbocycles. The molecule has 0 saturated carbocycles. The summed E-state index contributed by atoms with van der Waals surface area (Å²) >= 11 is 0. The first-order valence-corrected chi connectivity index (χ1v) is 12.6. The standard InChI is InChI=1S/C22H38N2O2Si/c1-9-10-16-24(17-19-14-12-11-13-15-19)20(21(25)23(5)6)18-26-27(7,8)22(2,3)4/h9,11-15,20H,1,10,16-18H2,2-8H3/t20-/m0/s1. The third-order valence-electron chi connectivity index (χ3n) is 5.42. The summed E-state index contributed by atoms with van der Waals surface area (Å²) in [6.07, 6.45) is 2.74. The zero-order chi connectivity index (χ0) is 20.7. The first-order chi connectivity index (χ1) is 12.5. The topological polar surface area (TPSA) is 32.8 Å². The molecule has 0 aliphatic heterocycles. The van der Waals surface area contributed by atoms with Crippen LogP contribution in [-0.2, 0) is 15.8 Å². The molecular weight excluding hydrogens is 352 g/mol. The van der Waals surface area contributed by atoms with E-state index in [9.17, 15) is 4.79 Å². The number of likely N-dealkylation sites (N-methyl/N-ethyl adjacent to an activating group) is 1. The molecule has 0 aliphatic rings. The van der Waals surface area contributed by atoms with Gasteiger partial charge in [-0.25, -0.2) is 0 Å². The van der Waals surface area contributed by atoms with Crippen molar-refractivity contribution in [1.29, 1.82) is 0 Å². The average Bonchev–Trinajstić information content (AvgIpc) is 2.59. The smallest absolute Gasteiger partial charge is 0.241 e. The summed E-state index contributed by atoms with van der Waals surface area (Å²) < 4.78 is 6.45. The van der Waals surface area contributed by atoms with Gasteiger partial charge in [-0.05, 0) is 30.1 Å². The second-order valence-corrected chi connectivity index (χ2v) is 13.7. The number of amides is 1. The minimum absolute atomic E-state index is 0.0914. The maximum absolute atomic E-state index is 13.0. The highest BCUT2D eigenvalue weighted by molar-refractivity contribution is 6.74. The first kappa shape index (κ1) is 23.6. The van der Waals surface area contributed by atoms with Gasteiger partial charge >= 0.3 is 0 Å². The van der Waals surface area contributed by atoms with E-state index in [1.165, 1.54) is 5.56 Å². The summed E-state index contributed by atoms with van der Waals surface area (Å²) in [7, 11) is 1.70. The lowest BCUT2D eigenvalue weighted by Gasteiger charge is -2.39. The second-order valence-electron chi connectivity index (χ2n) is 8.85. The van der Waals surface area contributed by atoms with E-state index in [1.54, 1.807) is 4.90 Å². The molecular formula is C22H38N2O2Si. The highest BCUT2D eigenvalue weighted by Gasteiger charge is 2.39. The maximum atomic E-state index is 13.0. The van der Waals surface area contributed by atoms with E-state index in [1.807, 2.05) is 38.4 Å². The predicted octanol–water partition coefficient (Wildman–Crippen LogP) is 4.54. The van der Waals surface area contributed by atoms with E-state index in [0.717, 1.165) is 19.5 Å². The number of benzene rings is 1. The van der Waals surface area contributed by atoms with Gasteiger partial charge in [0.15, 0.2) is 8.32 Å². The molecule has 0 N–H and O–H groups in total. The van der Waals surface area contributed by atoms with Crippen LogP contribution in [0.25, 0.3) is 0 Å². The Balaban J connectivity index is 3.07. The Hall–Kier alpha value is -1.43. The van der Waals surface area contributed by atoms with Crippen molar-refractivity contribution >= 4 is 14.2 Å². The lowest BCUT2D eigenvalue weighted by atomic mass is 10.1. The van der Waals surface area contributed by atoms with Crippen molar-refractivity contribution in [3.63, 3.8) is 0 Å². The van der Waals surface area contributed by atoms with Gasteiger partial charge in [-0.3, -0.25) is 9.69 Å². The largest absolute Gasteiger partial charge is 0.415 e. The molecule has 0 saturated heterocycles. The summed E-state index contributed by atoms with van der Waals surface area (Å²) in [5.41, 5.74) is 1.20. The molecule has 0 fully saturated rings. The van der Waals surface area contributed by atoms with Gasteiger partial charge in [0.1, 0.15) is 6.04 Å². The Morgan fingerprint density at radius 3 is 2.30 bits per heavy atom. The zero-order valence-corrected chi connectivity index (χ0v) is 19.3. The van der Waals surface area contributed by atoms with Crippen molar-refractivity contribution in [2.45, 2.75) is 57.9 Å². The SMILES string of the molecule is C=CCCN(Cc1ccccc1)[C@@H](CO[Si](C)(C)C(C)(C)C)C(=O)N(C)C. The van der Waals surface area contributed by atoms with Crippen LogP contribution in [0, 0.1) is 0 Å². The fourth-order valence-corrected chi connectivity index (χ4v) is 3.56. The molecule has 27 heavy (non-hydrogen) atoms. The molecule has 4 nitrogen and oxygen atoms in total. The van der Waals surface area contributed by atoms with Crippen LogP contribution in [-0.4, -0.2) is 57.3 Å².